The van der Waals surface area contributed by atoms with E-state index < -0.39 is 11.4 Å². The van der Waals surface area contributed by atoms with Crippen molar-refractivity contribution in [3.05, 3.63) is 11.6 Å². The van der Waals surface area contributed by atoms with E-state index in [1.54, 1.807) is 0 Å². The van der Waals surface area contributed by atoms with Crippen LogP contribution in [0.1, 0.15) is 31.4 Å². The van der Waals surface area contributed by atoms with Crippen LogP contribution in [-0.4, -0.2) is 43.8 Å². The molecular formula is C12H20N4O2. The van der Waals surface area contributed by atoms with Gasteiger partial charge in [0.05, 0.1) is 12.0 Å². The normalized spacial score (nSPS) is 25.3. The van der Waals surface area contributed by atoms with E-state index in [0.29, 0.717) is 13.1 Å². The summed E-state index contributed by atoms with van der Waals surface area (Å²) in [6.45, 7) is 5.90. The van der Waals surface area contributed by atoms with Gasteiger partial charge >= 0.3 is 5.97 Å². The highest BCUT2D eigenvalue weighted by Gasteiger charge is 2.38. The second-order valence-corrected chi connectivity index (χ2v) is 5.40. The maximum Gasteiger partial charge on any atom is 0.310 e. The number of aliphatic carboxylic acids is 1. The molecule has 6 nitrogen and oxygen atoms in total. The average Bonchev–Trinajstić information content (AvgIpc) is 2.61. The van der Waals surface area contributed by atoms with Gasteiger partial charge in [-0.2, -0.15) is 0 Å². The molecule has 1 N–H and O–H groups in total. The Bertz CT molecular complexity index is 457. The fourth-order valence-corrected chi connectivity index (χ4v) is 2.44. The molecule has 1 aromatic heterocycles. The zero-order valence-corrected chi connectivity index (χ0v) is 11.2. The average molecular weight is 252 g/mol. The Morgan fingerprint density at radius 1 is 1.50 bits per heavy atom. The number of piperidine rings is 1. The third-order valence-corrected chi connectivity index (χ3v) is 3.84. The molecule has 0 aliphatic carbocycles. The van der Waals surface area contributed by atoms with Crippen LogP contribution in [0.4, 0.5) is 0 Å². The minimum Gasteiger partial charge on any atom is -0.481 e. The van der Waals surface area contributed by atoms with Crippen LogP contribution in [0.15, 0.2) is 0 Å². The van der Waals surface area contributed by atoms with Gasteiger partial charge in [0.25, 0.3) is 0 Å². The smallest absolute Gasteiger partial charge is 0.310 e. The van der Waals surface area contributed by atoms with Crippen molar-refractivity contribution in [2.24, 2.45) is 12.5 Å². The minimum absolute atomic E-state index is 0.578. The number of carbonyl (C=O) groups is 1. The number of hydrogen-bond donors (Lipinski definition) is 1. The van der Waals surface area contributed by atoms with Crippen LogP contribution in [0.2, 0.25) is 0 Å². The summed E-state index contributed by atoms with van der Waals surface area (Å²) in [7, 11) is 1.94. The second-order valence-electron chi connectivity index (χ2n) is 5.40. The summed E-state index contributed by atoms with van der Waals surface area (Å²) in [4.78, 5) is 13.4. The van der Waals surface area contributed by atoms with Crippen molar-refractivity contribution < 1.29 is 9.90 Å². The van der Waals surface area contributed by atoms with E-state index in [9.17, 15) is 9.90 Å². The first-order chi connectivity index (χ1) is 8.42. The van der Waals surface area contributed by atoms with Crippen molar-refractivity contribution in [3.63, 3.8) is 0 Å². The van der Waals surface area contributed by atoms with Gasteiger partial charge in [-0.3, -0.25) is 9.69 Å². The minimum atomic E-state index is -0.707. The molecule has 2 rings (SSSR count). The van der Waals surface area contributed by atoms with E-state index in [-0.39, 0.29) is 0 Å². The van der Waals surface area contributed by atoms with Crippen molar-refractivity contribution >= 4 is 5.97 Å². The number of rotatable bonds is 3. The predicted molar refractivity (Wildman–Crippen MR) is 66.0 cm³/mol. The lowest BCUT2D eigenvalue weighted by molar-refractivity contribution is -0.151. The summed E-state index contributed by atoms with van der Waals surface area (Å²) in [5.41, 5.74) is -0.633. The van der Waals surface area contributed by atoms with Crippen LogP contribution in [0.3, 0.4) is 0 Å². The molecule has 1 saturated heterocycles. The van der Waals surface area contributed by atoms with Crippen LogP contribution in [0.25, 0.3) is 0 Å². The fraction of sp³-hybridized carbons (Fsp3) is 0.750. The van der Waals surface area contributed by atoms with Crippen molar-refractivity contribution in [1.29, 1.82) is 0 Å². The maximum absolute atomic E-state index is 11.3. The van der Waals surface area contributed by atoms with Gasteiger partial charge in [0, 0.05) is 13.6 Å². The summed E-state index contributed by atoms with van der Waals surface area (Å²) in [6.07, 6.45) is 1.66. The molecule has 0 saturated carbocycles. The number of aryl methyl sites for hydroxylation is 1. The van der Waals surface area contributed by atoms with Crippen LogP contribution >= 0.6 is 0 Å². The summed E-state index contributed by atoms with van der Waals surface area (Å²) in [5.74, 6) is 1.06. The standard InChI is InChI=1S/C12H20N4O2/c1-9-13-14-10(15(9)3)7-16-6-4-5-12(2,8-16)11(17)18/h4-8H2,1-3H3,(H,17,18). The molecule has 2 heterocycles. The highest BCUT2D eigenvalue weighted by atomic mass is 16.4. The molecule has 1 aliphatic rings. The molecule has 1 atom stereocenters. The van der Waals surface area contributed by atoms with E-state index in [1.807, 2.05) is 25.5 Å². The molecule has 1 unspecified atom stereocenters. The molecular weight excluding hydrogens is 232 g/mol. The Morgan fingerprint density at radius 2 is 2.22 bits per heavy atom. The largest absolute Gasteiger partial charge is 0.481 e. The lowest BCUT2D eigenvalue weighted by Gasteiger charge is -2.37. The molecule has 0 spiro atoms. The third kappa shape index (κ3) is 2.38. The zero-order valence-electron chi connectivity index (χ0n) is 11.2. The van der Waals surface area contributed by atoms with Gasteiger partial charge < -0.3 is 9.67 Å². The lowest BCUT2D eigenvalue weighted by Crippen LogP contribution is -2.45. The Morgan fingerprint density at radius 3 is 2.78 bits per heavy atom. The molecule has 1 aromatic rings. The van der Waals surface area contributed by atoms with Gasteiger partial charge in [-0.25, -0.2) is 0 Å². The van der Waals surface area contributed by atoms with Crippen molar-refractivity contribution in [2.45, 2.75) is 33.2 Å². The number of carboxylic acid groups (broad SMARTS) is 1. The monoisotopic (exact) mass is 252 g/mol. The van der Waals surface area contributed by atoms with E-state index >= 15 is 0 Å². The molecule has 1 fully saturated rings. The highest BCUT2D eigenvalue weighted by Crippen LogP contribution is 2.30. The van der Waals surface area contributed by atoms with E-state index in [4.69, 9.17) is 0 Å². The summed E-state index contributed by atoms with van der Waals surface area (Å²) in [6, 6.07) is 0. The Balaban J connectivity index is 2.06. The molecule has 0 amide bonds. The molecule has 18 heavy (non-hydrogen) atoms. The summed E-state index contributed by atoms with van der Waals surface area (Å²) >= 11 is 0. The van der Waals surface area contributed by atoms with Gasteiger partial charge in [0.2, 0.25) is 0 Å². The van der Waals surface area contributed by atoms with E-state index in [2.05, 4.69) is 15.1 Å². The summed E-state index contributed by atoms with van der Waals surface area (Å²) in [5, 5.41) is 17.4. The Labute approximate surface area is 107 Å². The zero-order chi connectivity index (χ0) is 13.3. The maximum atomic E-state index is 11.3. The van der Waals surface area contributed by atoms with E-state index in [1.165, 1.54) is 0 Å². The van der Waals surface area contributed by atoms with Gasteiger partial charge in [0.1, 0.15) is 11.6 Å². The van der Waals surface area contributed by atoms with Gasteiger partial charge in [-0.15, -0.1) is 10.2 Å². The summed E-state index contributed by atoms with van der Waals surface area (Å²) < 4.78 is 1.95. The first-order valence-corrected chi connectivity index (χ1v) is 6.23. The van der Waals surface area contributed by atoms with Crippen molar-refractivity contribution in [1.82, 2.24) is 19.7 Å². The fourth-order valence-electron chi connectivity index (χ4n) is 2.44. The molecule has 0 radical (unpaired) electrons. The molecule has 0 aromatic carbocycles. The van der Waals surface area contributed by atoms with Crippen LogP contribution in [0.5, 0.6) is 0 Å². The number of likely N-dealkylation sites (tertiary alicyclic amines) is 1. The molecule has 6 heteroatoms. The second kappa shape index (κ2) is 4.68. The van der Waals surface area contributed by atoms with Gasteiger partial charge in [-0.1, -0.05) is 0 Å². The first kappa shape index (κ1) is 13.0. The topological polar surface area (TPSA) is 71.2 Å². The number of carboxylic acids is 1. The van der Waals surface area contributed by atoms with Crippen molar-refractivity contribution in [2.75, 3.05) is 13.1 Å². The lowest BCUT2D eigenvalue weighted by atomic mass is 9.82. The van der Waals surface area contributed by atoms with Crippen LogP contribution in [0, 0.1) is 12.3 Å². The molecule has 0 bridgehead atoms. The third-order valence-electron chi connectivity index (χ3n) is 3.84. The van der Waals surface area contributed by atoms with Crippen molar-refractivity contribution in [3.8, 4) is 0 Å². The SMILES string of the molecule is Cc1nnc(CN2CCCC(C)(C(=O)O)C2)n1C. The number of hydrogen-bond acceptors (Lipinski definition) is 4. The number of aromatic nitrogens is 3. The predicted octanol–water partition coefficient (Wildman–Crippen LogP) is 0.810. The van der Waals surface area contributed by atoms with Gasteiger partial charge in [-0.05, 0) is 33.2 Å². The first-order valence-electron chi connectivity index (χ1n) is 6.23. The van der Waals surface area contributed by atoms with Gasteiger partial charge in [0.15, 0.2) is 0 Å². The van der Waals surface area contributed by atoms with E-state index in [0.717, 1.165) is 31.0 Å². The molecule has 1 aliphatic heterocycles. The molecule has 100 valence electrons. The van der Waals surface area contributed by atoms with Crippen LogP contribution < -0.4 is 0 Å². The Kier molecular flexibility index (Phi) is 3.38. The quantitative estimate of drug-likeness (QED) is 0.862. The Hall–Kier alpha value is -1.43. The van der Waals surface area contributed by atoms with Crippen LogP contribution in [-0.2, 0) is 18.4 Å². The highest BCUT2D eigenvalue weighted by molar-refractivity contribution is 5.74. The number of nitrogens with zero attached hydrogens (tertiary/aromatic N) is 4.